The lowest BCUT2D eigenvalue weighted by Gasteiger charge is -2.30. The average molecular weight is 198 g/mol. The summed E-state index contributed by atoms with van der Waals surface area (Å²) in [6.07, 6.45) is 2.66. The van der Waals surface area contributed by atoms with E-state index in [4.69, 9.17) is 4.74 Å². The Hall–Kier alpha value is -0.570. The number of hydrogen-bond acceptors (Lipinski definition) is 2. The van der Waals surface area contributed by atoms with E-state index in [0.29, 0.717) is 5.92 Å². The zero-order valence-corrected chi connectivity index (χ0v) is 8.88. The lowest BCUT2D eigenvalue weighted by Crippen LogP contribution is -2.34. The van der Waals surface area contributed by atoms with Gasteiger partial charge in [0.25, 0.3) is 0 Å². The molecule has 14 heavy (non-hydrogen) atoms. The summed E-state index contributed by atoms with van der Waals surface area (Å²) in [6.45, 7) is 5.60. The molecule has 2 rings (SSSR count). The summed E-state index contributed by atoms with van der Waals surface area (Å²) in [4.78, 5) is 11.4. The molecule has 1 heterocycles. The molecule has 3 nitrogen and oxygen atoms in total. The van der Waals surface area contributed by atoms with Gasteiger partial charge in [0.15, 0.2) is 0 Å². The van der Waals surface area contributed by atoms with Gasteiger partial charge in [-0.05, 0) is 30.6 Å². The number of carbonyl (C=O) groups is 1. The third kappa shape index (κ3) is 1.18. The van der Waals surface area contributed by atoms with Crippen molar-refractivity contribution in [3.8, 4) is 0 Å². The molecule has 3 heteroatoms. The fraction of sp³-hybridized carbons (Fsp3) is 0.909. The Bertz CT molecular complexity index is 253. The van der Waals surface area contributed by atoms with Gasteiger partial charge in [-0.25, -0.2) is 0 Å². The summed E-state index contributed by atoms with van der Waals surface area (Å²) < 4.78 is 5.28. The second-order valence-corrected chi connectivity index (χ2v) is 5.22. The highest BCUT2D eigenvalue weighted by atomic mass is 16.5. The van der Waals surface area contributed by atoms with E-state index in [1.807, 2.05) is 0 Å². The first-order valence-electron chi connectivity index (χ1n) is 5.32. The fourth-order valence-corrected chi connectivity index (χ4v) is 3.08. The minimum absolute atomic E-state index is 0.0131. The SMILES string of the molecule is CC1(C)CC1(C(=O)O)C1CCOCC1. The average Bonchev–Trinajstić information content (AvgIpc) is 2.72. The Morgan fingerprint density at radius 3 is 2.21 bits per heavy atom. The van der Waals surface area contributed by atoms with E-state index in [0.717, 1.165) is 32.5 Å². The van der Waals surface area contributed by atoms with Crippen LogP contribution in [-0.4, -0.2) is 24.3 Å². The van der Waals surface area contributed by atoms with Gasteiger partial charge in [-0.15, -0.1) is 0 Å². The molecule has 2 fully saturated rings. The maximum atomic E-state index is 11.4. The molecule has 0 radical (unpaired) electrons. The van der Waals surface area contributed by atoms with E-state index >= 15 is 0 Å². The van der Waals surface area contributed by atoms with Crippen molar-refractivity contribution >= 4 is 5.97 Å². The van der Waals surface area contributed by atoms with Crippen molar-refractivity contribution in [3.63, 3.8) is 0 Å². The molecule has 0 aromatic carbocycles. The largest absolute Gasteiger partial charge is 0.481 e. The Kier molecular flexibility index (Phi) is 2.11. The van der Waals surface area contributed by atoms with Gasteiger partial charge >= 0.3 is 5.97 Å². The lowest BCUT2D eigenvalue weighted by atomic mass is 9.78. The van der Waals surface area contributed by atoms with E-state index < -0.39 is 11.4 Å². The second kappa shape index (κ2) is 2.96. The third-order valence-corrected chi connectivity index (χ3v) is 4.10. The second-order valence-electron chi connectivity index (χ2n) is 5.22. The monoisotopic (exact) mass is 198 g/mol. The molecule has 1 unspecified atom stereocenters. The predicted octanol–water partition coefficient (Wildman–Crippen LogP) is 1.91. The van der Waals surface area contributed by atoms with Crippen LogP contribution < -0.4 is 0 Å². The van der Waals surface area contributed by atoms with Crippen molar-refractivity contribution in [3.05, 3.63) is 0 Å². The molecule has 0 spiro atoms. The maximum Gasteiger partial charge on any atom is 0.310 e. The first-order chi connectivity index (χ1) is 6.51. The van der Waals surface area contributed by atoms with E-state index in [1.54, 1.807) is 0 Å². The van der Waals surface area contributed by atoms with Crippen molar-refractivity contribution in [2.24, 2.45) is 16.7 Å². The van der Waals surface area contributed by atoms with Gasteiger partial charge in [-0.1, -0.05) is 13.8 Å². The summed E-state index contributed by atoms with van der Waals surface area (Å²) in [6, 6.07) is 0. The molecule has 1 N–H and O–H groups in total. The van der Waals surface area contributed by atoms with Crippen LogP contribution in [0.15, 0.2) is 0 Å². The van der Waals surface area contributed by atoms with E-state index in [2.05, 4.69) is 13.8 Å². The highest BCUT2D eigenvalue weighted by Gasteiger charge is 2.69. The molecule has 1 aliphatic heterocycles. The van der Waals surface area contributed by atoms with Gasteiger partial charge < -0.3 is 9.84 Å². The number of hydrogen-bond donors (Lipinski definition) is 1. The van der Waals surface area contributed by atoms with Gasteiger partial charge in [-0.3, -0.25) is 4.79 Å². The van der Waals surface area contributed by atoms with Gasteiger partial charge in [0.2, 0.25) is 0 Å². The quantitative estimate of drug-likeness (QED) is 0.737. The molecule has 0 aromatic rings. The van der Waals surface area contributed by atoms with Gasteiger partial charge in [0, 0.05) is 13.2 Å². The number of carboxylic acids is 1. The molecule has 0 amide bonds. The Morgan fingerprint density at radius 2 is 1.86 bits per heavy atom. The fourth-order valence-electron chi connectivity index (χ4n) is 3.08. The van der Waals surface area contributed by atoms with E-state index in [-0.39, 0.29) is 5.41 Å². The number of carboxylic acid groups (broad SMARTS) is 1. The van der Waals surface area contributed by atoms with Crippen molar-refractivity contribution in [2.45, 2.75) is 33.1 Å². The van der Waals surface area contributed by atoms with Crippen LogP contribution >= 0.6 is 0 Å². The summed E-state index contributed by atoms with van der Waals surface area (Å²) in [5.41, 5.74) is -0.461. The van der Waals surface area contributed by atoms with Gasteiger partial charge in [0.1, 0.15) is 0 Å². The van der Waals surface area contributed by atoms with Crippen LogP contribution in [0.4, 0.5) is 0 Å². The topological polar surface area (TPSA) is 46.5 Å². The molecule has 1 atom stereocenters. The van der Waals surface area contributed by atoms with Crippen molar-refractivity contribution in [2.75, 3.05) is 13.2 Å². The zero-order chi connectivity index (χ0) is 10.4. The predicted molar refractivity (Wildman–Crippen MR) is 52.0 cm³/mol. The van der Waals surface area contributed by atoms with Crippen LogP contribution in [0.25, 0.3) is 0 Å². The summed E-state index contributed by atoms with van der Waals surface area (Å²) >= 11 is 0. The molecule has 1 aliphatic carbocycles. The number of rotatable bonds is 2. The molecule has 80 valence electrons. The van der Waals surface area contributed by atoms with Crippen molar-refractivity contribution in [1.82, 2.24) is 0 Å². The zero-order valence-electron chi connectivity index (χ0n) is 8.88. The molecular weight excluding hydrogens is 180 g/mol. The lowest BCUT2D eigenvalue weighted by molar-refractivity contribution is -0.149. The Labute approximate surface area is 84.4 Å². The summed E-state index contributed by atoms with van der Waals surface area (Å²) in [5.74, 6) is -0.279. The highest BCUT2D eigenvalue weighted by Crippen LogP contribution is 2.69. The van der Waals surface area contributed by atoms with E-state index in [1.165, 1.54) is 0 Å². The minimum atomic E-state index is -0.602. The van der Waals surface area contributed by atoms with Crippen LogP contribution in [0.1, 0.15) is 33.1 Å². The molecule has 1 saturated carbocycles. The molecule has 1 saturated heterocycles. The first kappa shape index (κ1) is 9.97. The van der Waals surface area contributed by atoms with Gasteiger partial charge in [-0.2, -0.15) is 0 Å². The standard InChI is InChI=1S/C11H18O3/c1-10(2)7-11(10,9(12)13)8-3-5-14-6-4-8/h8H,3-7H2,1-2H3,(H,12,13). The van der Waals surface area contributed by atoms with Crippen LogP contribution in [0.2, 0.25) is 0 Å². The number of ether oxygens (including phenoxy) is 1. The van der Waals surface area contributed by atoms with Crippen molar-refractivity contribution < 1.29 is 14.6 Å². The molecular formula is C11H18O3. The Balaban J connectivity index is 2.17. The van der Waals surface area contributed by atoms with Gasteiger partial charge in [0.05, 0.1) is 5.41 Å². The minimum Gasteiger partial charge on any atom is -0.481 e. The van der Waals surface area contributed by atoms with Crippen LogP contribution in [0.5, 0.6) is 0 Å². The summed E-state index contributed by atoms with van der Waals surface area (Å²) in [5, 5.41) is 9.35. The van der Waals surface area contributed by atoms with Crippen LogP contribution in [0, 0.1) is 16.7 Å². The smallest absolute Gasteiger partial charge is 0.310 e. The number of aliphatic carboxylic acids is 1. The van der Waals surface area contributed by atoms with Crippen LogP contribution in [0.3, 0.4) is 0 Å². The van der Waals surface area contributed by atoms with E-state index in [9.17, 15) is 9.90 Å². The highest BCUT2D eigenvalue weighted by molar-refractivity contribution is 5.80. The molecule has 0 bridgehead atoms. The first-order valence-corrected chi connectivity index (χ1v) is 5.32. The van der Waals surface area contributed by atoms with Crippen molar-refractivity contribution in [1.29, 1.82) is 0 Å². The van der Waals surface area contributed by atoms with Crippen LogP contribution in [-0.2, 0) is 9.53 Å². The Morgan fingerprint density at radius 1 is 1.36 bits per heavy atom. The molecule has 0 aromatic heterocycles. The summed E-state index contributed by atoms with van der Waals surface area (Å²) in [7, 11) is 0. The normalized spacial score (nSPS) is 36.7. The third-order valence-electron chi connectivity index (χ3n) is 4.10. The maximum absolute atomic E-state index is 11.4. The molecule has 2 aliphatic rings.